The zero-order valence-electron chi connectivity index (χ0n) is 21.5. The third kappa shape index (κ3) is 5.39. The first-order chi connectivity index (χ1) is 18.1. The standard InChI is InChI=1S/C26H36O12/c1-4-13-15-6-20(29)34-9-16-12(3)18(5-14(16)11(2)7-27)36-24(33)17(15)10-35-25(13)38-26-23(32)22(31)21(30)19(8-28)37-26/h4,6,10-12,14,16,18-19,21-23,25-28,30-32H,5,7-9H2,1-3H3. The Bertz CT molecular complexity index is 987. The molecule has 3 aliphatic heterocycles. The van der Waals surface area contributed by atoms with Crippen LogP contribution in [0.15, 0.2) is 35.1 Å². The summed E-state index contributed by atoms with van der Waals surface area (Å²) in [6.45, 7) is 4.88. The molecule has 0 aromatic carbocycles. The lowest BCUT2D eigenvalue weighted by molar-refractivity contribution is -0.326. The molecule has 2 fully saturated rings. The third-order valence-electron chi connectivity index (χ3n) is 8.08. The molecule has 1 saturated heterocycles. The fraction of sp³-hybridized carbons (Fsp3) is 0.692. The van der Waals surface area contributed by atoms with Gasteiger partial charge in [-0.1, -0.05) is 19.9 Å². The maximum atomic E-state index is 13.3. The van der Waals surface area contributed by atoms with Crippen LogP contribution < -0.4 is 0 Å². The number of hydrogen-bond acceptors (Lipinski definition) is 12. The Morgan fingerprint density at radius 3 is 2.53 bits per heavy atom. The number of fused-ring (bicyclic) bond motifs is 3. The van der Waals surface area contributed by atoms with E-state index in [2.05, 4.69) is 0 Å². The zero-order valence-corrected chi connectivity index (χ0v) is 21.5. The van der Waals surface area contributed by atoms with Crippen LogP contribution in [0.5, 0.6) is 0 Å². The Morgan fingerprint density at radius 1 is 1.13 bits per heavy atom. The van der Waals surface area contributed by atoms with Crippen LogP contribution in [-0.2, 0) is 33.3 Å². The summed E-state index contributed by atoms with van der Waals surface area (Å²) in [5.74, 6) is -1.68. The predicted molar refractivity (Wildman–Crippen MR) is 127 cm³/mol. The van der Waals surface area contributed by atoms with Gasteiger partial charge in [0.2, 0.25) is 6.29 Å². The fourth-order valence-electron chi connectivity index (χ4n) is 5.65. The molecule has 0 aromatic heterocycles. The lowest BCUT2D eigenvalue weighted by atomic mass is 9.83. The van der Waals surface area contributed by atoms with Crippen molar-refractivity contribution >= 4 is 11.9 Å². The topological polar surface area (TPSA) is 181 Å². The molecule has 0 radical (unpaired) electrons. The van der Waals surface area contributed by atoms with Gasteiger partial charge in [-0.2, -0.15) is 0 Å². The highest BCUT2D eigenvalue weighted by molar-refractivity contribution is 5.98. The first kappa shape index (κ1) is 28.7. The van der Waals surface area contributed by atoms with Crippen LogP contribution in [0.3, 0.4) is 0 Å². The molecule has 4 rings (SSSR count). The van der Waals surface area contributed by atoms with Crippen molar-refractivity contribution in [1.29, 1.82) is 0 Å². The number of aliphatic hydroxyl groups is 5. The molecular formula is C26H36O12. The average molecular weight is 541 g/mol. The van der Waals surface area contributed by atoms with E-state index >= 15 is 0 Å². The third-order valence-corrected chi connectivity index (χ3v) is 8.08. The van der Waals surface area contributed by atoms with Gasteiger partial charge < -0.3 is 49.2 Å². The number of aliphatic hydroxyl groups excluding tert-OH is 5. The molecule has 0 amide bonds. The van der Waals surface area contributed by atoms with Crippen LogP contribution in [0, 0.1) is 23.7 Å². The molecule has 11 atom stereocenters. The summed E-state index contributed by atoms with van der Waals surface area (Å²) in [7, 11) is 0. The molecular weight excluding hydrogens is 504 g/mol. The van der Waals surface area contributed by atoms with Crippen molar-refractivity contribution in [3.63, 3.8) is 0 Å². The Balaban J connectivity index is 1.61. The lowest BCUT2D eigenvalue weighted by Gasteiger charge is -2.41. The average Bonchev–Trinajstić information content (AvgIpc) is 3.20. The summed E-state index contributed by atoms with van der Waals surface area (Å²) in [6.07, 6.45) is -5.06. The van der Waals surface area contributed by atoms with Gasteiger partial charge in [0.15, 0.2) is 6.29 Å². The lowest BCUT2D eigenvalue weighted by Crippen LogP contribution is -2.59. The van der Waals surface area contributed by atoms with Crippen LogP contribution in [0.25, 0.3) is 0 Å². The van der Waals surface area contributed by atoms with Gasteiger partial charge in [0.1, 0.15) is 42.4 Å². The predicted octanol–water partition coefficient (Wildman–Crippen LogP) is -0.715. The first-order valence-corrected chi connectivity index (χ1v) is 12.8. The van der Waals surface area contributed by atoms with Gasteiger partial charge in [-0.05, 0) is 31.1 Å². The molecule has 212 valence electrons. The molecule has 4 aliphatic rings. The number of esters is 2. The van der Waals surface area contributed by atoms with Crippen molar-refractivity contribution in [1.82, 2.24) is 0 Å². The van der Waals surface area contributed by atoms with Crippen molar-refractivity contribution < 1.29 is 58.8 Å². The zero-order chi connectivity index (χ0) is 27.7. The Morgan fingerprint density at radius 2 is 1.87 bits per heavy atom. The molecule has 12 heteroatoms. The Labute approximate surface area is 220 Å². The van der Waals surface area contributed by atoms with Crippen LogP contribution in [0.4, 0.5) is 0 Å². The van der Waals surface area contributed by atoms with Crippen molar-refractivity contribution in [3.05, 3.63) is 35.1 Å². The summed E-state index contributed by atoms with van der Waals surface area (Å²) >= 11 is 0. The summed E-state index contributed by atoms with van der Waals surface area (Å²) in [5, 5.41) is 49.6. The summed E-state index contributed by atoms with van der Waals surface area (Å²) in [4.78, 5) is 26.2. The minimum atomic E-state index is -1.68. The van der Waals surface area contributed by atoms with Gasteiger partial charge in [-0.25, -0.2) is 9.59 Å². The first-order valence-electron chi connectivity index (χ1n) is 12.8. The van der Waals surface area contributed by atoms with E-state index in [4.69, 9.17) is 23.7 Å². The van der Waals surface area contributed by atoms with E-state index in [9.17, 15) is 35.1 Å². The van der Waals surface area contributed by atoms with Gasteiger partial charge in [0.05, 0.1) is 13.2 Å². The molecule has 3 heterocycles. The van der Waals surface area contributed by atoms with E-state index in [0.29, 0.717) is 6.42 Å². The summed E-state index contributed by atoms with van der Waals surface area (Å²) in [5.41, 5.74) is 0.333. The summed E-state index contributed by atoms with van der Waals surface area (Å²) in [6, 6.07) is 0. The smallest absolute Gasteiger partial charge is 0.342 e. The van der Waals surface area contributed by atoms with Crippen molar-refractivity contribution in [2.75, 3.05) is 19.8 Å². The molecule has 12 nitrogen and oxygen atoms in total. The SMILES string of the molecule is CC=C1C2=CC(=O)OCC3C(C)C(CC3C(C)CO)OC(=O)C2=COC1OC1OC(CO)C(O)C(O)C1O. The molecule has 0 spiro atoms. The Kier molecular flexibility index (Phi) is 8.92. The second-order valence-electron chi connectivity index (χ2n) is 10.3. The van der Waals surface area contributed by atoms with Gasteiger partial charge in [0, 0.05) is 29.7 Å². The number of carbonyl (C=O) groups is 2. The van der Waals surface area contributed by atoms with Crippen LogP contribution in [0.2, 0.25) is 0 Å². The highest BCUT2D eigenvalue weighted by Gasteiger charge is 2.48. The molecule has 1 aliphatic carbocycles. The van der Waals surface area contributed by atoms with E-state index in [1.165, 1.54) is 0 Å². The van der Waals surface area contributed by atoms with Gasteiger partial charge in [-0.3, -0.25) is 0 Å². The van der Waals surface area contributed by atoms with E-state index < -0.39 is 61.6 Å². The van der Waals surface area contributed by atoms with Gasteiger partial charge in [0.25, 0.3) is 0 Å². The van der Waals surface area contributed by atoms with Crippen LogP contribution in [-0.4, -0.2) is 100 Å². The number of rotatable bonds is 5. The van der Waals surface area contributed by atoms with Crippen LogP contribution >= 0.6 is 0 Å². The van der Waals surface area contributed by atoms with E-state index in [1.54, 1.807) is 13.0 Å². The molecule has 38 heavy (non-hydrogen) atoms. The minimum absolute atomic E-state index is 0.00229. The monoisotopic (exact) mass is 540 g/mol. The molecule has 2 bridgehead atoms. The number of allylic oxidation sites excluding steroid dienone is 1. The van der Waals surface area contributed by atoms with Crippen molar-refractivity contribution in [2.24, 2.45) is 23.7 Å². The fourth-order valence-corrected chi connectivity index (χ4v) is 5.65. The van der Waals surface area contributed by atoms with Gasteiger partial charge >= 0.3 is 11.9 Å². The largest absolute Gasteiger partial charge is 0.467 e. The Hall–Kier alpha value is -2.32. The molecule has 0 aromatic rings. The highest BCUT2D eigenvalue weighted by Crippen LogP contribution is 2.44. The van der Waals surface area contributed by atoms with E-state index in [-0.39, 0.29) is 53.6 Å². The molecule has 5 N–H and O–H groups in total. The van der Waals surface area contributed by atoms with E-state index in [0.717, 1.165) is 12.3 Å². The van der Waals surface area contributed by atoms with E-state index in [1.807, 2.05) is 13.8 Å². The minimum Gasteiger partial charge on any atom is -0.467 e. The van der Waals surface area contributed by atoms with Gasteiger partial charge in [-0.15, -0.1) is 0 Å². The maximum Gasteiger partial charge on any atom is 0.342 e. The maximum absolute atomic E-state index is 13.3. The van der Waals surface area contributed by atoms with Crippen molar-refractivity contribution in [3.8, 4) is 0 Å². The highest BCUT2D eigenvalue weighted by atomic mass is 16.8. The molecule has 11 unspecified atom stereocenters. The number of ether oxygens (including phenoxy) is 5. The molecule has 1 saturated carbocycles. The second kappa shape index (κ2) is 11.8. The quantitative estimate of drug-likeness (QED) is 0.277. The number of cyclic esters (lactones) is 1. The second-order valence-corrected chi connectivity index (χ2v) is 10.3. The number of carbonyl (C=O) groups excluding carboxylic acids is 2. The summed E-state index contributed by atoms with van der Waals surface area (Å²) < 4.78 is 28.2. The number of hydrogen-bond donors (Lipinski definition) is 5. The normalized spacial score (nSPS) is 41.6. The van der Waals surface area contributed by atoms with Crippen molar-refractivity contribution in [2.45, 2.75) is 70.3 Å². The van der Waals surface area contributed by atoms with Crippen LogP contribution in [0.1, 0.15) is 27.2 Å².